The Bertz CT molecular complexity index is 612. The number of ether oxygens (including phenoxy) is 1. The number of benzene rings is 2. The van der Waals surface area contributed by atoms with Gasteiger partial charge in [0.15, 0.2) is 0 Å². The summed E-state index contributed by atoms with van der Waals surface area (Å²) in [6, 6.07) is 9.22. The van der Waals surface area contributed by atoms with E-state index in [0.29, 0.717) is 16.3 Å². The molecule has 0 aliphatic rings. The molecule has 0 radical (unpaired) electrons. The number of rotatable bonds is 5. The Labute approximate surface area is 119 Å². The van der Waals surface area contributed by atoms with E-state index in [1.807, 2.05) is 0 Å². The summed E-state index contributed by atoms with van der Waals surface area (Å²) in [6.07, 6.45) is -4.11. The van der Waals surface area contributed by atoms with Crippen molar-refractivity contribution in [2.45, 2.75) is 18.6 Å². The Morgan fingerprint density at radius 1 is 1.05 bits per heavy atom. The van der Waals surface area contributed by atoms with Crippen LogP contribution in [0.3, 0.4) is 0 Å². The molecule has 0 aliphatic heterocycles. The van der Waals surface area contributed by atoms with Crippen LogP contribution in [0.4, 0.5) is 17.6 Å². The third-order valence-electron chi connectivity index (χ3n) is 3.14. The van der Waals surface area contributed by atoms with Crippen LogP contribution < -0.4 is 5.73 Å². The molecule has 0 saturated heterocycles. The fourth-order valence-corrected chi connectivity index (χ4v) is 2.16. The highest BCUT2D eigenvalue weighted by molar-refractivity contribution is 5.86. The minimum atomic E-state index is -4.34. The van der Waals surface area contributed by atoms with Gasteiger partial charge in [0, 0.05) is 18.0 Å². The number of hydrogen-bond acceptors (Lipinski definition) is 2. The van der Waals surface area contributed by atoms with E-state index in [4.69, 9.17) is 5.73 Å². The smallest absolute Gasteiger partial charge is 0.372 e. The zero-order chi connectivity index (χ0) is 15.5. The van der Waals surface area contributed by atoms with Crippen LogP contribution in [-0.4, -0.2) is 19.4 Å². The third kappa shape index (κ3) is 4.15. The van der Waals surface area contributed by atoms with Crippen molar-refractivity contribution >= 4 is 10.8 Å². The van der Waals surface area contributed by atoms with E-state index >= 15 is 0 Å². The Kier molecular flexibility index (Phi) is 4.80. The van der Waals surface area contributed by atoms with Crippen molar-refractivity contribution in [2.75, 3.05) is 13.2 Å². The first-order valence-corrected chi connectivity index (χ1v) is 6.46. The summed E-state index contributed by atoms with van der Waals surface area (Å²) in [7, 11) is 0. The average molecular weight is 301 g/mol. The van der Waals surface area contributed by atoms with Gasteiger partial charge in [0.25, 0.3) is 0 Å². The van der Waals surface area contributed by atoms with E-state index in [9.17, 15) is 17.6 Å². The molecule has 0 aliphatic carbocycles. The van der Waals surface area contributed by atoms with Gasteiger partial charge in [-0.05, 0) is 23.4 Å². The lowest BCUT2D eigenvalue weighted by atomic mass is 9.97. The molecule has 2 N–H and O–H groups in total. The lowest BCUT2D eigenvalue weighted by molar-refractivity contribution is -0.174. The molecule has 2 rings (SSSR count). The van der Waals surface area contributed by atoms with Gasteiger partial charge in [-0.15, -0.1) is 0 Å². The summed E-state index contributed by atoms with van der Waals surface area (Å²) in [5.41, 5.74) is 6.67. The highest BCUT2D eigenvalue weighted by Crippen LogP contribution is 2.27. The Morgan fingerprint density at radius 2 is 1.71 bits per heavy atom. The number of halogens is 4. The molecule has 0 amide bonds. The molecule has 0 spiro atoms. The first-order chi connectivity index (χ1) is 9.88. The van der Waals surface area contributed by atoms with E-state index in [1.165, 1.54) is 6.07 Å². The predicted octanol–water partition coefficient (Wildman–Crippen LogP) is 3.95. The van der Waals surface area contributed by atoms with E-state index < -0.39 is 18.8 Å². The molecule has 0 saturated carbocycles. The fraction of sp³-hybridized carbons (Fsp3) is 0.333. The van der Waals surface area contributed by atoms with Gasteiger partial charge >= 0.3 is 6.18 Å². The highest BCUT2D eigenvalue weighted by atomic mass is 19.4. The second-order valence-electron chi connectivity index (χ2n) is 4.75. The molecule has 0 heterocycles. The highest BCUT2D eigenvalue weighted by Gasteiger charge is 2.27. The molecule has 0 bridgehead atoms. The van der Waals surface area contributed by atoms with Crippen molar-refractivity contribution in [1.82, 2.24) is 0 Å². The largest absolute Gasteiger partial charge is 0.411 e. The van der Waals surface area contributed by atoms with Crippen molar-refractivity contribution in [3.05, 3.63) is 47.8 Å². The molecule has 6 heteroatoms. The summed E-state index contributed by atoms with van der Waals surface area (Å²) >= 11 is 0. The Morgan fingerprint density at radius 3 is 2.38 bits per heavy atom. The van der Waals surface area contributed by atoms with Crippen LogP contribution in [-0.2, 0) is 4.74 Å². The van der Waals surface area contributed by atoms with Crippen molar-refractivity contribution in [1.29, 1.82) is 0 Å². The zero-order valence-corrected chi connectivity index (χ0v) is 11.2. The maximum Gasteiger partial charge on any atom is 0.411 e. The second-order valence-corrected chi connectivity index (χ2v) is 4.75. The first kappa shape index (κ1) is 15.7. The van der Waals surface area contributed by atoms with Gasteiger partial charge in [0.2, 0.25) is 0 Å². The van der Waals surface area contributed by atoms with E-state index in [2.05, 4.69) is 4.74 Å². The monoisotopic (exact) mass is 301 g/mol. The summed E-state index contributed by atoms with van der Waals surface area (Å²) in [4.78, 5) is 0. The van der Waals surface area contributed by atoms with Crippen LogP contribution >= 0.6 is 0 Å². The van der Waals surface area contributed by atoms with Crippen molar-refractivity contribution < 1.29 is 22.3 Å². The molecule has 114 valence electrons. The number of fused-ring (bicyclic) bond motifs is 1. The van der Waals surface area contributed by atoms with Crippen LogP contribution in [0.1, 0.15) is 18.0 Å². The molecule has 1 atom stereocenters. The van der Waals surface area contributed by atoms with Gasteiger partial charge < -0.3 is 10.5 Å². The topological polar surface area (TPSA) is 35.2 Å². The minimum Gasteiger partial charge on any atom is -0.372 e. The van der Waals surface area contributed by atoms with E-state index in [1.54, 1.807) is 30.3 Å². The minimum absolute atomic E-state index is 0.105. The number of alkyl halides is 3. The van der Waals surface area contributed by atoms with Gasteiger partial charge in [0.05, 0.1) is 0 Å². The van der Waals surface area contributed by atoms with Crippen LogP contribution in [0.5, 0.6) is 0 Å². The Balaban J connectivity index is 2.06. The zero-order valence-electron chi connectivity index (χ0n) is 11.2. The van der Waals surface area contributed by atoms with Gasteiger partial charge in [-0.1, -0.05) is 30.3 Å². The number of nitrogens with two attached hydrogens (primary N) is 1. The quantitative estimate of drug-likeness (QED) is 0.670. The standard InChI is InChI=1S/C15H15F4NO/c16-13-6-5-12(10-3-1-2-4-11(10)13)14(20)7-8-21-9-15(17,18)19/h1-6,14H,7-9,20H2. The molecule has 2 nitrogen and oxygen atoms in total. The fourth-order valence-electron chi connectivity index (χ4n) is 2.16. The molecular formula is C15H15F4NO. The van der Waals surface area contributed by atoms with Gasteiger partial charge in [-0.3, -0.25) is 0 Å². The van der Waals surface area contributed by atoms with Crippen molar-refractivity contribution in [2.24, 2.45) is 5.73 Å². The van der Waals surface area contributed by atoms with Crippen LogP contribution in [0.15, 0.2) is 36.4 Å². The summed E-state index contributed by atoms with van der Waals surface area (Å²) in [6.45, 7) is -1.39. The van der Waals surface area contributed by atoms with Crippen LogP contribution in [0.25, 0.3) is 10.8 Å². The Hall–Kier alpha value is -1.66. The predicted molar refractivity (Wildman–Crippen MR) is 72.3 cm³/mol. The molecular weight excluding hydrogens is 286 g/mol. The van der Waals surface area contributed by atoms with Gasteiger partial charge in [-0.25, -0.2) is 4.39 Å². The van der Waals surface area contributed by atoms with Gasteiger partial charge in [0.1, 0.15) is 12.4 Å². The molecule has 0 aromatic heterocycles. The van der Waals surface area contributed by atoms with E-state index in [-0.39, 0.29) is 18.8 Å². The maximum absolute atomic E-state index is 13.7. The van der Waals surface area contributed by atoms with Crippen molar-refractivity contribution in [3.63, 3.8) is 0 Å². The molecule has 2 aromatic rings. The summed E-state index contributed by atoms with van der Waals surface area (Å²) in [5.74, 6) is -0.352. The second kappa shape index (κ2) is 6.41. The average Bonchev–Trinajstić information content (AvgIpc) is 2.43. The number of hydrogen-bond donors (Lipinski definition) is 1. The maximum atomic E-state index is 13.7. The lowest BCUT2D eigenvalue weighted by Gasteiger charge is -2.15. The third-order valence-corrected chi connectivity index (χ3v) is 3.14. The molecule has 0 fully saturated rings. The summed E-state index contributed by atoms with van der Waals surface area (Å²) in [5, 5.41) is 1.11. The van der Waals surface area contributed by atoms with E-state index in [0.717, 1.165) is 0 Å². The van der Waals surface area contributed by atoms with Crippen LogP contribution in [0.2, 0.25) is 0 Å². The first-order valence-electron chi connectivity index (χ1n) is 6.46. The van der Waals surface area contributed by atoms with Crippen molar-refractivity contribution in [3.8, 4) is 0 Å². The normalized spacial score (nSPS) is 13.6. The molecule has 21 heavy (non-hydrogen) atoms. The summed E-state index contributed by atoms with van der Waals surface area (Å²) < 4.78 is 54.1. The molecule has 1 unspecified atom stereocenters. The lowest BCUT2D eigenvalue weighted by Crippen LogP contribution is -2.20. The SMILES string of the molecule is NC(CCOCC(F)(F)F)c1ccc(F)c2ccccc12. The van der Waals surface area contributed by atoms with Gasteiger partial charge in [-0.2, -0.15) is 13.2 Å². The van der Waals surface area contributed by atoms with Crippen LogP contribution in [0, 0.1) is 5.82 Å². The molecule has 2 aromatic carbocycles.